The highest BCUT2D eigenvalue weighted by Gasteiger charge is 2.19. The summed E-state index contributed by atoms with van der Waals surface area (Å²) < 4.78 is 0. The SMILES string of the molecule is c1ccc(-c2cc3ccccc3cc2-c2ccc3c(c2)c(-c2ccccc2)cc2cc(-c4c5ccccc5c(-c5cccc(-c6ccc7ccccc7c6)c5)c5ccccc45)ccc23)cc1. The highest BCUT2D eigenvalue weighted by Crippen LogP contribution is 2.47. The predicted octanol–water partition coefficient (Wildman–Crippen LogP) is 18.6. The van der Waals surface area contributed by atoms with Crippen molar-refractivity contribution in [3.8, 4) is 66.8 Å². The van der Waals surface area contributed by atoms with Crippen molar-refractivity contribution in [3.05, 3.63) is 255 Å². The van der Waals surface area contributed by atoms with Gasteiger partial charge in [0, 0.05) is 0 Å². The zero-order valence-electron chi connectivity index (χ0n) is 36.2. The van der Waals surface area contributed by atoms with Gasteiger partial charge in [0.25, 0.3) is 0 Å². The Morgan fingerprint density at radius 2 is 0.561 bits per heavy atom. The molecule has 0 spiro atoms. The molecule has 66 heavy (non-hydrogen) atoms. The van der Waals surface area contributed by atoms with Crippen LogP contribution in [0.3, 0.4) is 0 Å². The van der Waals surface area contributed by atoms with E-state index in [0.29, 0.717) is 0 Å². The standard InChI is InChI=1S/C66H42/c1-3-17-44(18-4-1)61-39-48-22-9-10-23-49(48)40-63(61)51-32-35-56-55-34-33-53(38-54(55)42-62(64(56)41-51)45-19-5-2-6-20-45)66-59-28-13-11-26-57(59)65(58-27-12-14-29-60(58)66)52-25-15-24-47(37-52)50-31-30-43-16-7-8-21-46(43)36-50/h1-42H. The molecule has 0 aliphatic carbocycles. The maximum absolute atomic E-state index is 2.43. The van der Waals surface area contributed by atoms with Crippen molar-refractivity contribution in [1.82, 2.24) is 0 Å². The fourth-order valence-electron chi connectivity index (χ4n) is 10.7. The molecule has 0 heteroatoms. The Balaban J connectivity index is 1.00. The molecule has 13 aromatic carbocycles. The Bertz CT molecular complexity index is 3970. The third kappa shape index (κ3) is 6.38. The van der Waals surface area contributed by atoms with Crippen molar-refractivity contribution in [2.75, 3.05) is 0 Å². The van der Waals surface area contributed by atoms with Gasteiger partial charge in [-0.15, -0.1) is 0 Å². The molecule has 0 atom stereocenters. The Morgan fingerprint density at radius 1 is 0.152 bits per heavy atom. The number of fused-ring (bicyclic) bond motifs is 7. The smallest absolute Gasteiger partial charge is 0.00262 e. The second kappa shape index (κ2) is 15.6. The van der Waals surface area contributed by atoms with E-state index >= 15 is 0 Å². The molecule has 0 aliphatic heterocycles. The van der Waals surface area contributed by atoms with Crippen LogP contribution < -0.4 is 0 Å². The minimum atomic E-state index is 1.21. The lowest BCUT2D eigenvalue weighted by Gasteiger charge is -2.19. The van der Waals surface area contributed by atoms with Crippen LogP contribution in [-0.2, 0) is 0 Å². The first-order valence-corrected chi connectivity index (χ1v) is 22.9. The van der Waals surface area contributed by atoms with Crippen LogP contribution >= 0.6 is 0 Å². The molecular weight excluding hydrogens is 793 g/mol. The number of hydrogen-bond acceptors (Lipinski definition) is 0. The van der Waals surface area contributed by atoms with E-state index in [2.05, 4.69) is 255 Å². The van der Waals surface area contributed by atoms with E-state index in [1.54, 1.807) is 0 Å². The average molecular weight is 835 g/mol. The zero-order chi connectivity index (χ0) is 43.6. The van der Waals surface area contributed by atoms with Gasteiger partial charge in [0.2, 0.25) is 0 Å². The molecule has 0 aliphatic rings. The van der Waals surface area contributed by atoms with Crippen LogP contribution in [-0.4, -0.2) is 0 Å². The van der Waals surface area contributed by atoms with Crippen LogP contribution in [0.2, 0.25) is 0 Å². The summed E-state index contributed by atoms with van der Waals surface area (Å²) >= 11 is 0. The van der Waals surface area contributed by atoms with E-state index in [1.165, 1.54) is 131 Å². The van der Waals surface area contributed by atoms with Gasteiger partial charge < -0.3 is 0 Å². The second-order valence-electron chi connectivity index (χ2n) is 17.6. The van der Waals surface area contributed by atoms with Crippen LogP contribution in [0, 0.1) is 0 Å². The minimum absolute atomic E-state index is 1.21. The van der Waals surface area contributed by atoms with Gasteiger partial charge in [-0.25, -0.2) is 0 Å². The zero-order valence-corrected chi connectivity index (χ0v) is 36.2. The van der Waals surface area contributed by atoms with Crippen LogP contribution in [0.1, 0.15) is 0 Å². The normalized spacial score (nSPS) is 11.6. The highest BCUT2D eigenvalue weighted by atomic mass is 14.2. The maximum atomic E-state index is 2.43. The van der Waals surface area contributed by atoms with E-state index in [0.717, 1.165) is 0 Å². The van der Waals surface area contributed by atoms with E-state index in [1.807, 2.05) is 0 Å². The minimum Gasteiger partial charge on any atom is -0.0622 e. The molecule has 0 saturated heterocycles. The molecule has 0 nitrogen and oxygen atoms in total. The van der Waals surface area contributed by atoms with E-state index in [-0.39, 0.29) is 0 Å². The molecule has 13 aromatic rings. The molecule has 0 unspecified atom stereocenters. The topological polar surface area (TPSA) is 0 Å². The van der Waals surface area contributed by atoms with Gasteiger partial charge in [-0.05, 0) is 174 Å². The van der Waals surface area contributed by atoms with Crippen molar-refractivity contribution in [2.45, 2.75) is 0 Å². The molecule has 0 heterocycles. The summed E-state index contributed by atoms with van der Waals surface area (Å²) in [5, 5.41) is 15.0. The van der Waals surface area contributed by atoms with Gasteiger partial charge >= 0.3 is 0 Å². The van der Waals surface area contributed by atoms with Crippen LogP contribution in [0.25, 0.3) is 131 Å². The fraction of sp³-hybridized carbons (Fsp3) is 0. The van der Waals surface area contributed by atoms with Crippen molar-refractivity contribution in [1.29, 1.82) is 0 Å². The summed E-state index contributed by atoms with van der Waals surface area (Å²) in [6, 6.07) is 94.3. The number of rotatable bonds is 6. The van der Waals surface area contributed by atoms with Crippen LogP contribution in [0.15, 0.2) is 255 Å². The molecule has 306 valence electrons. The first-order chi connectivity index (χ1) is 32.7. The average Bonchev–Trinajstić information content (AvgIpc) is 3.39. The number of hydrogen-bond donors (Lipinski definition) is 0. The Hall–Kier alpha value is -8.58. The maximum Gasteiger partial charge on any atom is -0.00262 e. The third-order valence-corrected chi connectivity index (χ3v) is 13.8. The predicted molar refractivity (Wildman–Crippen MR) is 284 cm³/mol. The lowest BCUT2D eigenvalue weighted by atomic mass is 9.84. The Kier molecular flexibility index (Phi) is 8.96. The molecule has 0 amide bonds. The summed E-state index contributed by atoms with van der Waals surface area (Å²) in [6.07, 6.45) is 0. The van der Waals surface area contributed by atoms with Crippen LogP contribution in [0.4, 0.5) is 0 Å². The summed E-state index contributed by atoms with van der Waals surface area (Å²) in [5.74, 6) is 0. The first-order valence-electron chi connectivity index (χ1n) is 22.9. The molecule has 0 saturated carbocycles. The van der Waals surface area contributed by atoms with Crippen molar-refractivity contribution in [2.24, 2.45) is 0 Å². The second-order valence-corrected chi connectivity index (χ2v) is 17.6. The summed E-state index contributed by atoms with van der Waals surface area (Å²) in [6.45, 7) is 0. The monoisotopic (exact) mass is 834 g/mol. The van der Waals surface area contributed by atoms with Crippen LogP contribution in [0.5, 0.6) is 0 Å². The first kappa shape index (κ1) is 37.9. The van der Waals surface area contributed by atoms with Crippen molar-refractivity contribution in [3.63, 3.8) is 0 Å². The van der Waals surface area contributed by atoms with E-state index in [9.17, 15) is 0 Å². The van der Waals surface area contributed by atoms with Crippen molar-refractivity contribution < 1.29 is 0 Å². The molecule has 13 rings (SSSR count). The molecule has 0 bridgehead atoms. The fourth-order valence-corrected chi connectivity index (χ4v) is 10.7. The van der Waals surface area contributed by atoms with Gasteiger partial charge in [0.15, 0.2) is 0 Å². The van der Waals surface area contributed by atoms with Gasteiger partial charge in [-0.3, -0.25) is 0 Å². The molecule has 0 fully saturated rings. The summed E-state index contributed by atoms with van der Waals surface area (Å²) in [5.41, 5.74) is 14.7. The molecular formula is C66H42. The Labute approximate surface area is 384 Å². The highest BCUT2D eigenvalue weighted by molar-refractivity contribution is 6.23. The van der Waals surface area contributed by atoms with Gasteiger partial charge in [0.1, 0.15) is 0 Å². The summed E-state index contributed by atoms with van der Waals surface area (Å²) in [4.78, 5) is 0. The lowest BCUT2D eigenvalue weighted by Crippen LogP contribution is -1.92. The van der Waals surface area contributed by atoms with E-state index < -0.39 is 0 Å². The Morgan fingerprint density at radius 3 is 1.20 bits per heavy atom. The molecule has 0 aromatic heterocycles. The molecule has 0 radical (unpaired) electrons. The number of benzene rings is 13. The summed E-state index contributed by atoms with van der Waals surface area (Å²) in [7, 11) is 0. The van der Waals surface area contributed by atoms with Gasteiger partial charge in [-0.2, -0.15) is 0 Å². The largest absolute Gasteiger partial charge is 0.0622 e. The molecule has 0 N–H and O–H groups in total. The van der Waals surface area contributed by atoms with Crippen molar-refractivity contribution >= 4 is 64.6 Å². The van der Waals surface area contributed by atoms with Gasteiger partial charge in [-0.1, -0.05) is 212 Å². The quantitative estimate of drug-likeness (QED) is 0.116. The lowest BCUT2D eigenvalue weighted by molar-refractivity contribution is 1.61. The third-order valence-electron chi connectivity index (χ3n) is 13.8. The van der Waals surface area contributed by atoms with Gasteiger partial charge in [0.05, 0.1) is 0 Å². The van der Waals surface area contributed by atoms with E-state index in [4.69, 9.17) is 0 Å².